The fourth-order valence-electron chi connectivity index (χ4n) is 1.48. The largest absolute Gasteiger partial charge is 0.480 e. The first-order valence-corrected chi connectivity index (χ1v) is 3.96. The van der Waals surface area contributed by atoms with E-state index in [0.717, 1.165) is 12.8 Å². The Kier molecular flexibility index (Phi) is 2.52. The van der Waals surface area contributed by atoms with Crippen molar-refractivity contribution < 1.29 is 9.90 Å². The molecule has 0 aliphatic carbocycles. The first-order valence-electron chi connectivity index (χ1n) is 3.96. The van der Waals surface area contributed by atoms with Gasteiger partial charge in [-0.05, 0) is 19.3 Å². The monoisotopic (exact) mass is 171 g/mol. The van der Waals surface area contributed by atoms with E-state index in [2.05, 4.69) is 0 Å². The number of piperidine rings is 1. The summed E-state index contributed by atoms with van der Waals surface area (Å²) in [5.41, 5.74) is 5.24. The quantitative estimate of drug-likeness (QED) is 0.377. The van der Waals surface area contributed by atoms with E-state index in [1.165, 1.54) is 4.90 Å². The molecule has 1 saturated heterocycles. The van der Waals surface area contributed by atoms with E-state index in [4.69, 9.17) is 16.2 Å². The van der Waals surface area contributed by atoms with E-state index >= 15 is 0 Å². The topological polar surface area (TPSA) is 90.4 Å². The van der Waals surface area contributed by atoms with Crippen LogP contribution in [0, 0.1) is 5.41 Å². The first kappa shape index (κ1) is 8.83. The van der Waals surface area contributed by atoms with E-state index in [1.54, 1.807) is 0 Å². The third-order valence-electron chi connectivity index (χ3n) is 2.10. The summed E-state index contributed by atoms with van der Waals surface area (Å²) in [5.74, 6) is -1.02. The van der Waals surface area contributed by atoms with Crippen LogP contribution in [0.3, 0.4) is 0 Å². The Morgan fingerprint density at radius 1 is 1.58 bits per heavy atom. The molecule has 0 aromatic carbocycles. The highest BCUT2D eigenvalue weighted by Gasteiger charge is 2.28. The zero-order valence-corrected chi connectivity index (χ0v) is 6.79. The molecule has 1 atom stereocenters. The zero-order chi connectivity index (χ0) is 9.14. The molecule has 0 aromatic heterocycles. The smallest absolute Gasteiger partial charge is 0.326 e. The Hall–Kier alpha value is -1.26. The Bertz CT molecular complexity index is 183. The molecule has 68 valence electrons. The number of rotatable bonds is 1. The van der Waals surface area contributed by atoms with Gasteiger partial charge in [0.25, 0.3) is 0 Å². The summed E-state index contributed by atoms with van der Waals surface area (Å²) >= 11 is 0. The number of carboxylic acids is 1. The summed E-state index contributed by atoms with van der Waals surface area (Å²) in [6.07, 6.45) is 2.42. The maximum absolute atomic E-state index is 10.7. The number of hydrogen-bond acceptors (Lipinski definition) is 2. The first-order chi connectivity index (χ1) is 5.63. The molecule has 0 radical (unpaired) electrons. The van der Waals surface area contributed by atoms with E-state index < -0.39 is 12.0 Å². The molecule has 0 aromatic rings. The number of likely N-dealkylation sites (tertiary alicyclic amines) is 1. The number of nitrogens with zero attached hydrogens (tertiary/aromatic N) is 1. The number of aliphatic carboxylic acids is 1. The molecule has 0 bridgehead atoms. The lowest BCUT2D eigenvalue weighted by atomic mass is 10.0. The van der Waals surface area contributed by atoms with Crippen molar-refractivity contribution in [3.8, 4) is 0 Å². The molecule has 0 amide bonds. The molecule has 0 spiro atoms. The molecule has 1 aliphatic heterocycles. The van der Waals surface area contributed by atoms with Gasteiger partial charge in [-0.15, -0.1) is 0 Å². The van der Waals surface area contributed by atoms with E-state index in [-0.39, 0.29) is 5.96 Å². The van der Waals surface area contributed by atoms with Gasteiger partial charge in [0, 0.05) is 6.54 Å². The van der Waals surface area contributed by atoms with Gasteiger partial charge >= 0.3 is 5.97 Å². The Balaban J connectivity index is 2.67. The van der Waals surface area contributed by atoms with Crippen molar-refractivity contribution >= 4 is 11.9 Å². The summed E-state index contributed by atoms with van der Waals surface area (Å²) in [6.45, 7) is 0.590. The highest BCUT2D eigenvalue weighted by atomic mass is 16.4. The standard InChI is InChI=1S/C7H13N3O2/c8-7(9)10-4-2-1-3-5(10)6(11)12/h5H,1-4H2,(H3,8,9)(H,11,12). The van der Waals surface area contributed by atoms with Crippen molar-refractivity contribution in [3.63, 3.8) is 0 Å². The predicted octanol–water partition coefficient (Wildman–Crippen LogP) is -0.181. The molecule has 5 nitrogen and oxygen atoms in total. The van der Waals surface area contributed by atoms with Crippen LogP contribution >= 0.6 is 0 Å². The second-order valence-electron chi connectivity index (χ2n) is 2.93. The van der Waals surface area contributed by atoms with Gasteiger partial charge in [-0.3, -0.25) is 5.41 Å². The molecule has 1 unspecified atom stereocenters. The van der Waals surface area contributed by atoms with Crippen LogP contribution in [0.15, 0.2) is 0 Å². The predicted molar refractivity (Wildman–Crippen MR) is 43.9 cm³/mol. The third kappa shape index (κ3) is 1.66. The van der Waals surface area contributed by atoms with Gasteiger partial charge in [0.05, 0.1) is 0 Å². The van der Waals surface area contributed by atoms with E-state index in [9.17, 15) is 4.79 Å². The third-order valence-corrected chi connectivity index (χ3v) is 2.10. The number of nitrogens with two attached hydrogens (primary N) is 1. The highest BCUT2D eigenvalue weighted by Crippen LogP contribution is 2.16. The number of guanidine groups is 1. The fourth-order valence-corrected chi connectivity index (χ4v) is 1.48. The van der Waals surface area contributed by atoms with Crippen molar-refractivity contribution in [1.29, 1.82) is 5.41 Å². The van der Waals surface area contributed by atoms with E-state index in [1.807, 2.05) is 0 Å². The molecule has 1 aliphatic rings. The summed E-state index contributed by atoms with van der Waals surface area (Å²) < 4.78 is 0. The van der Waals surface area contributed by atoms with Crippen molar-refractivity contribution in [2.45, 2.75) is 25.3 Å². The second-order valence-corrected chi connectivity index (χ2v) is 2.93. The fraction of sp³-hybridized carbons (Fsp3) is 0.714. The minimum absolute atomic E-state index is 0.137. The number of carbonyl (C=O) groups is 1. The second kappa shape index (κ2) is 3.42. The maximum Gasteiger partial charge on any atom is 0.326 e. The van der Waals surface area contributed by atoms with E-state index in [0.29, 0.717) is 13.0 Å². The zero-order valence-electron chi connectivity index (χ0n) is 6.79. The van der Waals surface area contributed by atoms with Gasteiger partial charge in [-0.2, -0.15) is 0 Å². The van der Waals surface area contributed by atoms with Crippen LogP contribution in [0.5, 0.6) is 0 Å². The van der Waals surface area contributed by atoms with Crippen molar-refractivity contribution in [1.82, 2.24) is 4.90 Å². The maximum atomic E-state index is 10.7. The summed E-state index contributed by atoms with van der Waals surface area (Å²) in [6, 6.07) is -0.587. The van der Waals surface area contributed by atoms with Gasteiger partial charge in [0.15, 0.2) is 5.96 Å². The van der Waals surface area contributed by atoms with Gasteiger partial charge < -0.3 is 15.7 Å². The number of nitrogens with one attached hydrogen (secondary N) is 1. The number of hydrogen-bond donors (Lipinski definition) is 3. The highest BCUT2D eigenvalue weighted by molar-refractivity contribution is 5.83. The van der Waals surface area contributed by atoms with Gasteiger partial charge in [-0.1, -0.05) is 0 Å². The molecule has 5 heteroatoms. The Morgan fingerprint density at radius 2 is 2.25 bits per heavy atom. The minimum atomic E-state index is -0.884. The van der Waals surface area contributed by atoms with Gasteiger partial charge in [0.2, 0.25) is 0 Å². The molecule has 12 heavy (non-hydrogen) atoms. The van der Waals surface area contributed by atoms with Crippen LogP contribution in [0.4, 0.5) is 0 Å². The lowest BCUT2D eigenvalue weighted by Crippen LogP contribution is -2.50. The molecular formula is C7H13N3O2. The SMILES string of the molecule is N=C(N)N1CCCCC1C(=O)O. The normalized spacial score (nSPS) is 23.7. The lowest BCUT2D eigenvalue weighted by Gasteiger charge is -2.32. The van der Waals surface area contributed by atoms with Crippen LogP contribution in [0.25, 0.3) is 0 Å². The molecule has 1 heterocycles. The van der Waals surface area contributed by atoms with Crippen molar-refractivity contribution in [3.05, 3.63) is 0 Å². The van der Waals surface area contributed by atoms with Gasteiger partial charge in [0.1, 0.15) is 6.04 Å². The molecule has 1 fully saturated rings. The van der Waals surface area contributed by atoms with Crippen LogP contribution < -0.4 is 5.73 Å². The minimum Gasteiger partial charge on any atom is -0.480 e. The molecule has 4 N–H and O–H groups in total. The summed E-state index contributed by atoms with van der Waals surface area (Å²) in [5, 5.41) is 15.9. The average Bonchev–Trinajstić information content (AvgIpc) is 2.04. The molecular weight excluding hydrogens is 158 g/mol. The van der Waals surface area contributed by atoms with Crippen LogP contribution in [0.1, 0.15) is 19.3 Å². The van der Waals surface area contributed by atoms with Gasteiger partial charge in [-0.25, -0.2) is 4.79 Å². The molecule has 1 rings (SSSR count). The average molecular weight is 171 g/mol. The Morgan fingerprint density at radius 3 is 2.67 bits per heavy atom. The lowest BCUT2D eigenvalue weighted by molar-refractivity contribution is -0.142. The van der Waals surface area contributed by atoms with Crippen LogP contribution in [0.2, 0.25) is 0 Å². The molecule has 0 saturated carbocycles. The Labute approximate surface area is 70.7 Å². The van der Waals surface area contributed by atoms with Crippen LogP contribution in [-0.4, -0.2) is 34.5 Å². The number of carboxylic acid groups (broad SMARTS) is 1. The van der Waals surface area contributed by atoms with Crippen molar-refractivity contribution in [2.24, 2.45) is 5.73 Å². The van der Waals surface area contributed by atoms with Crippen molar-refractivity contribution in [2.75, 3.05) is 6.54 Å². The summed E-state index contributed by atoms with van der Waals surface area (Å²) in [4.78, 5) is 12.1. The summed E-state index contributed by atoms with van der Waals surface area (Å²) in [7, 11) is 0. The van der Waals surface area contributed by atoms with Crippen LogP contribution in [-0.2, 0) is 4.79 Å².